The van der Waals surface area contributed by atoms with Gasteiger partial charge in [0, 0.05) is 18.5 Å². The smallest absolute Gasteiger partial charge is 0.407 e. The SMILES string of the molecule is CCOC1CC(NC(=O)OC(C)(C)C)C1NCc1csc(C)n1. The van der Waals surface area contributed by atoms with Gasteiger partial charge in [-0.3, -0.25) is 0 Å². The second-order valence-corrected chi connectivity index (χ2v) is 7.81. The molecule has 7 heteroatoms. The van der Waals surface area contributed by atoms with Crippen LogP contribution in [0.2, 0.25) is 0 Å². The van der Waals surface area contributed by atoms with Crippen LogP contribution in [0.3, 0.4) is 0 Å². The Kier molecular flexibility index (Phi) is 6.00. The lowest BCUT2D eigenvalue weighted by Crippen LogP contribution is -2.66. The molecule has 23 heavy (non-hydrogen) atoms. The summed E-state index contributed by atoms with van der Waals surface area (Å²) in [6.07, 6.45) is 0.523. The summed E-state index contributed by atoms with van der Waals surface area (Å²) in [5.74, 6) is 0. The van der Waals surface area contributed by atoms with E-state index in [1.807, 2.05) is 40.0 Å². The highest BCUT2D eigenvalue weighted by atomic mass is 32.1. The van der Waals surface area contributed by atoms with Gasteiger partial charge in [0.25, 0.3) is 0 Å². The highest BCUT2D eigenvalue weighted by molar-refractivity contribution is 7.09. The summed E-state index contributed by atoms with van der Waals surface area (Å²) in [5.41, 5.74) is 0.527. The zero-order valence-corrected chi connectivity index (χ0v) is 15.3. The van der Waals surface area contributed by atoms with Crippen LogP contribution in [-0.2, 0) is 16.0 Å². The number of hydrogen-bond acceptors (Lipinski definition) is 6. The van der Waals surface area contributed by atoms with Gasteiger partial charge in [-0.25, -0.2) is 9.78 Å². The molecule has 1 fully saturated rings. The average molecular weight is 341 g/mol. The van der Waals surface area contributed by atoms with E-state index in [4.69, 9.17) is 9.47 Å². The number of nitrogens with one attached hydrogen (secondary N) is 2. The fourth-order valence-electron chi connectivity index (χ4n) is 2.59. The summed E-state index contributed by atoms with van der Waals surface area (Å²) in [4.78, 5) is 16.4. The fraction of sp³-hybridized carbons (Fsp3) is 0.750. The molecule has 1 saturated carbocycles. The summed E-state index contributed by atoms with van der Waals surface area (Å²) in [6, 6.07) is 0.0885. The summed E-state index contributed by atoms with van der Waals surface area (Å²) < 4.78 is 11.0. The Balaban J connectivity index is 1.87. The third-order valence-corrected chi connectivity index (χ3v) is 4.41. The van der Waals surface area contributed by atoms with Crippen LogP contribution in [0.1, 0.15) is 44.8 Å². The van der Waals surface area contributed by atoms with Gasteiger partial charge in [-0.2, -0.15) is 0 Å². The maximum Gasteiger partial charge on any atom is 0.407 e. The average Bonchev–Trinajstić information content (AvgIpc) is 2.81. The minimum atomic E-state index is -0.492. The number of ether oxygens (including phenoxy) is 2. The number of amides is 1. The van der Waals surface area contributed by atoms with Crippen LogP contribution in [0.4, 0.5) is 4.79 Å². The van der Waals surface area contributed by atoms with E-state index < -0.39 is 5.60 Å². The molecule has 3 unspecified atom stereocenters. The zero-order valence-electron chi connectivity index (χ0n) is 14.5. The number of carbonyl (C=O) groups excluding carboxylic acids is 1. The number of carbonyl (C=O) groups is 1. The summed E-state index contributed by atoms with van der Waals surface area (Å²) in [6.45, 7) is 10.9. The normalized spacial score (nSPS) is 24.1. The minimum Gasteiger partial charge on any atom is -0.444 e. The first kappa shape index (κ1) is 18.2. The third-order valence-electron chi connectivity index (χ3n) is 3.59. The van der Waals surface area contributed by atoms with E-state index in [0.717, 1.165) is 17.1 Å². The van der Waals surface area contributed by atoms with Crippen LogP contribution in [-0.4, -0.2) is 41.5 Å². The predicted octanol–water partition coefficient (Wildman–Crippen LogP) is 2.61. The van der Waals surface area contributed by atoms with Gasteiger partial charge in [-0.1, -0.05) is 0 Å². The van der Waals surface area contributed by atoms with E-state index in [2.05, 4.69) is 15.6 Å². The van der Waals surface area contributed by atoms with Crippen molar-refractivity contribution in [3.8, 4) is 0 Å². The molecule has 6 nitrogen and oxygen atoms in total. The van der Waals surface area contributed by atoms with Gasteiger partial charge in [0.1, 0.15) is 5.60 Å². The Bertz CT molecular complexity index is 527. The summed E-state index contributed by atoms with van der Waals surface area (Å²) in [7, 11) is 0. The molecule has 1 amide bonds. The monoisotopic (exact) mass is 341 g/mol. The van der Waals surface area contributed by atoms with E-state index in [1.54, 1.807) is 11.3 Å². The van der Waals surface area contributed by atoms with Crippen molar-refractivity contribution in [2.24, 2.45) is 0 Å². The second kappa shape index (κ2) is 7.59. The van der Waals surface area contributed by atoms with Gasteiger partial charge >= 0.3 is 6.09 Å². The molecule has 0 spiro atoms. The molecule has 130 valence electrons. The van der Waals surface area contributed by atoms with Gasteiger partial charge in [0.15, 0.2) is 0 Å². The maximum atomic E-state index is 11.9. The largest absolute Gasteiger partial charge is 0.444 e. The van der Waals surface area contributed by atoms with Crippen LogP contribution in [0, 0.1) is 6.92 Å². The van der Waals surface area contributed by atoms with Gasteiger partial charge in [-0.05, 0) is 41.0 Å². The number of thiazole rings is 1. The van der Waals surface area contributed by atoms with Gasteiger partial charge < -0.3 is 20.1 Å². The van der Waals surface area contributed by atoms with Crippen molar-refractivity contribution >= 4 is 17.4 Å². The Labute approximate surface area is 142 Å². The van der Waals surface area contributed by atoms with Crippen molar-refractivity contribution in [1.82, 2.24) is 15.6 Å². The quantitative estimate of drug-likeness (QED) is 0.832. The lowest BCUT2D eigenvalue weighted by molar-refractivity contribution is -0.0438. The van der Waals surface area contributed by atoms with Crippen molar-refractivity contribution in [1.29, 1.82) is 0 Å². The van der Waals surface area contributed by atoms with Crippen molar-refractivity contribution in [3.63, 3.8) is 0 Å². The molecule has 1 aromatic heterocycles. The molecule has 0 bridgehead atoms. The Morgan fingerprint density at radius 3 is 2.78 bits per heavy atom. The third kappa shape index (κ3) is 5.44. The molecule has 1 aromatic rings. The second-order valence-electron chi connectivity index (χ2n) is 6.75. The van der Waals surface area contributed by atoms with Crippen LogP contribution >= 0.6 is 11.3 Å². The first-order valence-corrected chi connectivity index (χ1v) is 8.92. The molecule has 2 rings (SSSR count). The Morgan fingerprint density at radius 2 is 2.22 bits per heavy atom. The molecule has 0 aromatic carbocycles. The first-order valence-electron chi connectivity index (χ1n) is 8.04. The molecule has 0 saturated heterocycles. The molecule has 1 aliphatic carbocycles. The van der Waals surface area contributed by atoms with Crippen molar-refractivity contribution in [2.75, 3.05) is 6.61 Å². The van der Waals surface area contributed by atoms with E-state index in [-0.39, 0.29) is 24.3 Å². The van der Waals surface area contributed by atoms with E-state index >= 15 is 0 Å². The van der Waals surface area contributed by atoms with Crippen LogP contribution in [0.5, 0.6) is 0 Å². The van der Waals surface area contributed by atoms with Crippen molar-refractivity contribution < 1.29 is 14.3 Å². The van der Waals surface area contributed by atoms with Gasteiger partial charge in [-0.15, -0.1) is 11.3 Å². The van der Waals surface area contributed by atoms with Gasteiger partial charge in [0.2, 0.25) is 0 Å². The molecule has 1 aliphatic rings. The van der Waals surface area contributed by atoms with Crippen LogP contribution in [0.15, 0.2) is 5.38 Å². The standard InChI is InChI=1S/C16H27N3O3S/c1-6-21-13-7-12(19-15(20)22-16(3,4)5)14(13)17-8-11-9-23-10(2)18-11/h9,12-14,17H,6-8H2,1-5H3,(H,19,20). The summed E-state index contributed by atoms with van der Waals surface area (Å²) in [5, 5.41) is 9.49. The van der Waals surface area contributed by atoms with Gasteiger partial charge in [0.05, 0.1) is 28.9 Å². The predicted molar refractivity (Wildman–Crippen MR) is 90.7 cm³/mol. The van der Waals surface area contributed by atoms with Crippen LogP contribution < -0.4 is 10.6 Å². The first-order chi connectivity index (χ1) is 10.8. The van der Waals surface area contributed by atoms with Crippen molar-refractivity contribution in [3.05, 3.63) is 16.1 Å². The number of nitrogens with zero attached hydrogens (tertiary/aromatic N) is 1. The Morgan fingerprint density at radius 1 is 1.48 bits per heavy atom. The molecular formula is C16H27N3O3S. The topological polar surface area (TPSA) is 72.5 Å². The molecular weight excluding hydrogens is 314 g/mol. The molecule has 0 aliphatic heterocycles. The van der Waals surface area contributed by atoms with E-state index in [1.165, 1.54) is 0 Å². The fourth-order valence-corrected chi connectivity index (χ4v) is 3.20. The lowest BCUT2D eigenvalue weighted by Gasteiger charge is -2.44. The highest BCUT2D eigenvalue weighted by Gasteiger charge is 2.42. The number of aryl methyl sites for hydroxylation is 1. The number of hydrogen-bond donors (Lipinski definition) is 2. The Hall–Kier alpha value is -1.18. The van der Waals surface area contributed by atoms with Crippen molar-refractivity contribution in [2.45, 2.75) is 71.4 Å². The number of rotatable bonds is 6. The lowest BCUT2D eigenvalue weighted by atomic mass is 9.82. The highest BCUT2D eigenvalue weighted by Crippen LogP contribution is 2.25. The van der Waals surface area contributed by atoms with E-state index in [0.29, 0.717) is 13.2 Å². The summed E-state index contributed by atoms with van der Waals surface area (Å²) >= 11 is 1.64. The number of aromatic nitrogens is 1. The van der Waals surface area contributed by atoms with E-state index in [9.17, 15) is 4.79 Å². The zero-order chi connectivity index (χ0) is 17.0. The van der Waals surface area contributed by atoms with Crippen LogP contribution in [0.25, 0.3) is 0 Å². The molecule has 0 radical (unpaired) electrons. The molecule has 2 N–H and O–H groups in total. The number of alkyl carbamates (subject to hydrolysis) is 1. The molecule has 1 heterocycles. The minimum absolute atomic E-state index is 0.0149. The maximum absolute atomic E-state index is 11.9. The molecule has 3 atom stereocenters.